The van der Waals surface area contributed by atoms with Gasteiger partial charge in [-0.2, -0.15) is 0 Å². The van der Waals surface area contributed by atoms with Gasteiger partial charge in [-0.05, 0) is 22.0 Å². The molecule has 0 aliphatic heterocycles. The third-order valence-corrected chi connectivity index (χ3v) is 3.91. The quantitative estimate of drug-likeness (QED) is 0.747. The van der Waals surface area contributed by atoms with Gasteiger partial charge in [0.2, 0.25) is 0 Å². The fourth-order valence-corrected chi connectivity index (χ4v) is 2.67. The van der Waals surface area contributed by atoms with Crippen molar-refractivity contribution >= 4 is 31.9 Å². The summed E-state index contributed by atoms with van der Waals surface area (Å²) in [6, 6.07) is 6.05. The minimum atomic E-state index is 0.619. The number of ether oxygens (including phenoxy) is 1. The number of nitrogens with zero attached hydrogens (tertiary/aromatic N) is 2. The predicted molar refractivity (Wildman–Crippen MR) is 79.2 cm³/mol. The normalized spacial score (nSPS) is 10.6. The van der Waals surface area contributed by atoms with E-state index in [0.717, 1.165) is 33.4 Å². The van der Waals surface area contributed by atoms with Crippen LogP contribution in [0.3, 0.4) is 0 Å². The Balaban J connectivity index is 2.00. The number of para-hydroxylation sites is 1. The summed E-state index contributed by atoms with van der Waals surface area (Å²) in [4.78, 5) is 4.27. The molecule has 0 aliphatic carbocycles. The molecule has 1 aromatic heterocycles. The van der Waals surface area contributed by atoms with E-state index < -0.39 is 0 Å². The Morgan fingerprint density at radius 2 is 2.22 bits per heavy atom. The molecule has 0 amide bonds. The molecule has 3 nitrogen and oxygen atoms in total. The molecule has 1 aromatic carbocycles. The first-order chi connectivity index (χ1) is 8.72. The first kappa shape index (κ1) is 13.6. The lowest BCUT2D eigenvalue weighted by Crippen LogP contribution is -2.07. The smallest absolute Gasteiger partial charge is 0.137 e. The molecule has 0 saturated carbocycles. The number of hydrogen-bond acceptors (Lipinski definition) is 2. The highest BCUT2D eigenvalue weighted by Crippen LogP contribution is 2.30. The second-order valence-corrected chi connectivity index (χ2v) is 5.33. The van der Waals surface area contributed by atoms with E-state index in [2.05, 4.69) is 42.9 Å². The number of aromatic nitrogens is 2. The average molecular weight is 374 g/mol. The highest BCUT2D eigenvalue weighted by molar-refractivity contribution is 9.10. The van der Waals surface area contributed by atoms with Crippen LogP contribution in [0.4, 0.5) is 0 Å². The maximum Gasteiger partial charge on any atom is 0.137 e. The molecule has 0 atom stereocenters. The number of halogens is 2. The summed E-state index contributed by atoms with van der Waals surface area (Å²) in [5.74, 6) is 1.94. The molecular formula is C13H14Br2N2O. The van der Waals surface area contributed by atoms with Crippen molar-refractivity contribution in [3.8, 4) is 5.75 Å². The van der Waals surface area contributed by atoms with Gasteiger partial charge in [-0.25, -0.2) is 4.98 Å². The van der Waals surface area contributed by atoms with Crippen molar-refractivity contribution in [2.24, 2.45) is 7.05 Å². The summed E-state index contributed by atoms with van der Waals surface area (Å²) >= 11 is 6.98. The van der Waals surface area contributed by atoms with Gasteiger partial charge in [-0.1, -0.05) is 28.1 Å². The van der Waals surface area contributed by atoms with Crippen LogP contribution >= 0.6 is 31.9 Å². The minimum Gasteiger partial charge on any atom is -0.492 e. The number of alkyl halides is 1. The lowest BCUT2D eigenvalue weighted by Gasteiger charge is -2.11. The van der Waals surface area contributed by atoms with Gasteiger partial charge in [0.15, 0.2) is 0 Å². The highest BCUT2D eigenvalue weighted by atomic mass is 79.9. The molecule has 5 heteroatoms. The summed E-state index contributed by atoms with van der Waals surface area (Å²) in [6.07, 6.45) is 4.54. The molecule has 18 heavy (non-hydrogen) atoms. The Hall–Kier alpha value is -0.810. The van der Waals surface area contributed by atoms with Gasteiger partial charge in [-0.3, -0.25) is 0 Å². The summed E-state index contributed by atoms with van der Waals surface area (Å²) < 4.78 is 8.85. The topological polar surface area (TPSA) is 27.1 Å². The van der Waals surface area contributed by atoms with Crippen molar-refractivity contribution in [2.45, 2.75) is 11.8 Å². The van der Waals surface area contributed by atoms with Crippen molar-refractivity contribution in [1.82, 2.24) is 9.55 Å². The Labute approximate surface area is 123 Å². The van der Waals surface area contributed by atoms with Crippen LogP contribution in [0.5, 0.6) is 5.75 Å². The molecule has 0 saturated heterocycles. The van der Waals surface area contributed by atoms with Crippen LogP contribution in [0.25, 0.3) is 0 Å². The number of rotatable bonds is 5. The number of hydrogen-bond donors (Lipinski definition) is 0. The van der Waals surface area contributed by atoms with E-state index in [4.69, 9.17) is 4.74 Å². The molecule has 0 bridgehead atoms. The molecule has 0 spiro atoms. The first-order valence-corrected chi connectivity index (χ1v) is 7.56. The van der Waals surface area contributed by atoms with E-state index in [1.807, 2.05) is 29.9 Å². The van der Waals surface area contributed by atoms with Gasteiger partial charge in [0, 0.05) is 36.8 Å². The van der Waals surface area contributed by atoms with Crippen LogP contribution in [0.2, 0.25) is 0 Å². The molecule has 1 heterocycles. The second kappa shape index (κ2) is 6.38. The third kappa shape index (κ3) is 3.14. The largest absolute Gasteiger partial charge is 0.492 e. The van der Waals surface area contributed by atoms with Crippen molar-refractivity contribution in [1.29, 1.82) is 0 Å². The van der Waals surface area contributed by atoms with E-state index >= 15 is 0 Å². The monoisotopic (exact) mass is 372 g/mol. The zero-order valence-electron chi connectivity index (χ0n) is 10.1. The van der Waals surface area contributed by atoms with Crippen molar-refractivity contribution in [2.75, 3.05) is 6.61 Å². The van der Waals surface area contributed by atoms with Gasteiger partial charge in [0.05, 0.1) is 11.1 Å². The van der Waals surface area contributed by atoms with Gasteiger partial charge < -0.3 is 9.30 Å². The fourth-order valence-electron chi connectivity index (χ4n) is 1.70. The predicted octanol–water partition coefficient (Wildman–Crippen LogP) is 3.70. The van der Waals surface area contributed by atoms with E-state index in [9.17, 15) is 0 Å². The second-order valence-electron chi connectivity index (χ2n) is 3.91. The van der Waals surface area contributed by atoms with Gasteiger partial charge in [0.1, 0.15) is 11.6 Å². The zero-order valence-corrected chi connectivity index (χ0v) is 13.2. The molecular weight excluding hydrogens is 360 g/mol. The number of benzene rings is 1. The molecule has 2 rings (SSSR count). The fraction of sp³-hybridized carbons (Fsp3) is 0.308. The van der Waals surface area contributed by atoms with Crippen molar-refractivity contribution in [3.63, 3.8) is 0 Å². The highest BCUT2D eigenvalue weighted by Gasteiger charge is 2.07. The first-order valence-electron chi connectivity index (χ1n) is 5.64. The van der Waals surface area contributed by atoms with Crippen LogP contribution in [0.1, 0.15) is 11.4 Å². The van der Waals surface area contributed by atoms with E-state index in [1.165, 1.54) is 0 Å². The van der Waals surface area contributed by atoms with Crippen LogP contribution in [0, 0.1) is 0 Å². The number of aryl methyl sites for hydroxylation is 1. The summed E-state index contributed by atoms with van der Waals surface area (Å²) in [5, 5.41) is 0.782. The zero-order chi connectivity index (χ0) is 13.0. The molecule has 0 radical (unpaired) electrons. The summed E-state index contributed by atoms with van der Waals surface area (Å²) in [5.41, 5.74) is 1.14. The van der Waals surface area contributed by atoms with Gasteiger partial charge >= 0.3 is 0 Å². The van der Waals surface area contributed by atoms with Gasteiger partial charge in [0.25, 0.3) is 0 Å². The Morgan fingerprint density at radius 3 is 2.89 bits per heavy atom. The standard InChI is InChI=1S/C13H14Br2N2O/c1-17-7-6-16-12(17)5-8-18-13-10(9-14)3-2-4-11(13)15/h2-4,6-7H,5,8-9H2,1H3. The van der Waals surface area contributed by atoms with Crippen LogP contribution in [0.15, 0.2) is 35.1 Å². The Bertz CT molecular complexity index is 525. The molecule has 0 fully saturated rings. The molecule has 0 unspecified atom stereocenters. The van der Waals surface area contributed by atoms with E-state index in [1.54, 1.807) is 6.20 Å². The molecule has 2 aromatic rings. The maximum atomic E-state index is 5.86. The van der Waals surface area contributed by atoms with Gasteiger partial charge in [-0.15, -0.1) is 0 Å². The molecule has 0 aliphatic rings. The third-order valence-electron chi connectivity index (χ3n) is 2.69. The maximum absolute atomic E-state index is 5.86. The van der Waals surface area contributed by atoms with E-state index in [-0.39, 0.29) is 0 Å². The molecule has 96 valence electrons. The summed E-state index contributed by atoms with van der Waals surface area (Å²) in [7, 11) is 1.99. The Kier molecular flexibility index (Phi) is 4.83. The van der Waals surface area contributed by atoms with Crippen LogP contribution in [-0.4, -0.2) is 16.2 Å². The number of imidazole rings is 1. The van der Waals surface area contributed by atoms with Crippen LogP contribution in [-0.2, 0) is 18.8 Å². The Morgan fingerprint density at radius 1 is 1.39 bits per heavy atom. The average Bonchev–Trinajstić information content (AvgIpc) is 2.77. The van der Waals surface area contributed by atoms with Crippen molar-refractivity contribution in [3.05, 3.63) is 46.5 Å². The lowest BCUT2D eigenvalue weighted by molar-refractivity contribution is 0.313. The molecule has 0 N–H and O–H groups in total. The van der Waals surface area contributed by atoms with E-state index in [0.29, 0.717) is 6.61 Å². The van der Waals surface area contributed by atoms with Crippen molar-refractivity contribution < 1.29 is 4.74 Å². The summed E-state index contributed by atoms with van der Waals surface area (Å²) in [6.45, 7) is 0.619. The minimum absolute atomic E-state index is 0.619. The lowest BCUT2D eigenvalue weighted by atomic mass is 10.2. The van der Waals surface area contributed by atoms with Crippen LogP contribution < -0.4 is 4.74 Å². The SMILES string of the molecule is Cn1ccnc1CCOc1c(Br)cccc1CBr.